The van der Waals surface area contributed by atoms with Gasteiger partial charge in [0.1, 0.15) is 5.82 Å². The summed E-state index contributed by atoms with van der Waals surface area (Å²) < 4.78 is 1.75. The first-order valence-electron chi connectivity index (χ1n) is 10.6. The molecule has 0 N–H and O–H groups in total. The largest absolute Gasteiger partial charge is 0.335 e. The molecule has 7 nitrogen and oxygen atoms in total. The van der Waals surface area contributed by atoms with Crippen LogP contribution in [0.1, 0.15) is 52.1 Å². The van der Waals surface area contributed by atoms with Crippen molar-refractivity contribution in [3.8, 4) is 5.69 Å². The third kappa shape index (κ3) is 4.21. The van der Waals surface area contributed by atoms with E-state index in [0.29, 0.717) is 43.5 Å². The van der Waals surface area contributed by atoms with Gasteiger partial charge in [-0.05, 0) is 36.6 Å². The van der Waals surface area contributed by atoms with Crippen molar-refractivity contribution < 1.29 is 9.59 Å². The number of rotatable bonds is 4. The number of nitrogens with zero attached hydrogens (tertiary/aromatic N) is 5. The van der Waals surface area contributed by atoms with E-state index in [1.165, 1.54) is 0 Å². The number of para-hydroxylation sites is 1. The molecule has 1 aromatic heterocycles. The number of benzene rings is 2. The number of aryl methyl sites for hydroxylation is 1. The summed E-state index contributed by atoms with van der Waals surface area (Å²) in [4.78, 5) is 33.6. The summed E-state index contributed by atoms with van der Waals surface area (Å²) >= 11 is 0. The fourth-order valence-electron chi connectivity index (χ4n) is 3.89. The molecule has 0 atom stereocenters. The van der Waals surface area contributed by atoms with Gasteiger partial charge in [-0.2, -0.15) is 0 Å². The van der Waals surface area contributed by atoms with Crippen LogP contribution < -0.4 is 0 Å². The molecular weight excluding hydrogens is 390 g/mol. The highest BCUT2D eigenvalue weighted by atomic mass is 16.2. The van der Waals surface area contributed by atoms with E-state index in [2.05, 4.69) is 30.0 Å². The van der Waals surface area contributed by atoms with Crippen molar-refractivity contribution in [1.82, 2.24) is 24.6 Å². The molecule has 1 fully saturated rings. The van der Waals surface area contributed by atoms with E-state index in [4.69, 9.17) is 0 Å². The second-order valence-corrected chi connectivity index (χ2v) is 8.06. The molecule has 2 amide bonds. The number of hydrogen-bond donors (Lipinski definition) is 0. The first-order valence-corrected chi connectivity index (χ1v) is 10.6. The highest BCUT2D eigenvalue weighted by Gasteiger charge is 2.28. The van der Waals surface area contributed by atoms with Crippen LogP contribution in [-0.2, 0) is 0 Å². The van der Waals surface area contributed by atoms with Crippen LogP contribution in [0.25, 0.3) is 5.69 Å². The Balaban J connectivity index is 1.47. The van der Waals surface area contributed by atoms with Crippen LogP contribution in [0, 0.1) is 6.92 Å². The Kier molecular flexibility index (Phi) is 5.84. The van der Waals surface area contributed by atoms with E-state index in [1.54, 1.807) is 14.5 Å². The summed E-state index contributed by atoms with van der Waals surface area (Å²) in [5, 5.41) is 4.53. The normalized spacial score (nSPS) is 14.2. The molecule has 4 rings (SSSR count). The van der Waals surface area contributed by atoms with Gasteiger partial charge in [0.15, 0.2) is 0 Å². The van der Waals surface area contributed by atoms with E-state index in [0.717, 1.165) is 11.3 Å². The van der Waals surface area contributed by atoms with Crippen LogP contribution in [0.2, 0.25) is 0 Å². The predicted molar refractivity (Wildman–Crippen MR) is 118 cm³/mol. The van der Waals surface area contributed by atoms with Crippen molar-refractivity contribution in [1.29, 1.82) is 0 Å². The fraction of sp³-hybridized carbons (Fsp3) is 0.333. The maximum absolute atomic E-state index is 13.0. The lowest BCUT2D eigenvalue weighted by Gasteiger charge is -2.34. The number of amides is 2. The molecule has 31 heavy (non-hydrogen) atoms. The van der Waals surface area contributed by atoms with Gasteiger partial charge in [0.2, 0.25) is 5.82 Å². The van der Waals surface area contributed by atoms with Crippen LogP contribution in [-0.4, -0.2) is 62.6 Å². The quantitative estimate of drug-likeness (QED) is 0.653. The Morgan fingerprint density at radius 1 is 0.839 bits per heavy atom. The van der Waals surface area contributed by atoms with E-state index in [-0.39, 0.29) is 17.6 Å². The molecular formula is C24H27N5O2. The molecule has 0 saturated carbocycles. The minimum absolute atomic E-state index is 0.00348. The van der Waals surface area contributed by atoms with Gasteiger partial charge in [0, 0.05) is 31.7 Å². The zero-order valence-corrected chi connectivity index (χ0v) is 18.2. The van der Waals surface area contributed by atoms with E-state index in [1.807, 2.05) is 55.5 Å². The summed E-state index contributed by atoms with van der Waals surface area (Å²) in [5.41, 5.74) is 2.77. The van der Waals surface area contributed by atoms with Crippen molar-refractivity contribution in [3.63, 3.8) is 0 Å². The summed E-state index contributed by atoms with van der Waals surface area (Å²) in [5.74, 6) is 0.995. The van der Waals surface area contributed by atoms with Crippen LogP contribution in [0.3, 0.4) is 0 Å². The van der Waals surface area contributed by atoms with Gasteiger partial charge in [0.05, 0.1) is 5.69 Å². The minimum atomic E-state index is -0.198. The Morgan fingerprint density at radius 2 is 1.42 bits per heavy atom. The van der Waals surface area contributed by atoms with E-state index >= 15 is 0 Å². The van der Waals surface area contributed by atoms with Crippen LogP contribution in [0.4, 0.5) is 0 Å². The number of carbonyl (C=O) groups excluding carboxylic acids is 2. The lowest BCUT2D eigenvalue weighted by Crippen LogP contribution is -2.50. The molecule has 0 radical (unpaired) electrons. The Morgan fingerprint density at radius 3 is 2.06 bits per heavy atom. The number of hydrogen-bond acceptors (Lipinski definition) is 4. The summed E-state index contributed by atoms with van der Waals surface area (Å²) in [6.45, 7) is 8.05. The van der Waals surface area contributed by atoms with Gasteiger partial charge in [-0.1, -0.05) is 50.2 Å². The highest BCUT2D eigenvalue weighted by molar-refractivity contribution is 5.94. The van der Waals surface area contributed by atoms with Crippen molar-refractivity contribution >= 4 is 11.8 Å². The van der Waals surface area contributed by atoms with E-state index in [9.17, 15) is 9.59 Å². The van der Waals surface area contributed by atoms with Crippen molar-refractivity contribution in [2.75, 3.05) is 26.2 Å². The van der Waals surface area contributed by atoms with Gasteiger partial charge < -0.3 is 9.80 Å². The van der Waals surface area contributed by atoms with Gasteiger partial charge in [0.25, 0.3) is 11.8 Å². The molecule has 1 saturated heterocycles. The highest BCUT2D eigenvalue weighted by Crippen LogP contribution is 2.23. The lowest BCUT2D eigenvalue weighted by molar-refractivity contribution is 0.0529. The average molecular weight is 418 g/mol. The fourth-order valence-corrected chi connectivity index (χ4v) is 3.89. The van der Waals surface area contributed by atoms with Crippen LogP contribution in [0.15, 0.2) is 54.6 Å². The summed E-state index contributed by atoms with van der Waals surface area (Å²) in [6.07, 6.45) is 0. The Bertz CT molecular complexity index is 1080. The molecule has 0 spiro atoms. The molecule has 2 heterocycles. The smallest absolute Gasteiger partial charge is 0.293 e. The van der Waals surface area contributed by atoms with Gasteiger partial charge in [-0.15, -0.1) is 5.10 Å². The number of aromatic nitrogens is 3. The van der Waals surface area contributed by atoms with E-state index < -0.39 is 0 Å². The SMILES string of the molecule is Cc1nc(C(=O)N2CCN(C(=O)c3ccccc3)CC2)nn1-c1ccccc1C(C)C. The molecule has 0 bridgehead atoms. The third-order valence-corrected chi connectivity index (χ3v) is 5.62. The second kappa shape index (κ2) is 8.71. The molecule has 0 unspecified atom stereocenters. The molecule has 0 aliphatic carbocycles. The molecule has 1 aliphatic heterocycles. The lowest BCUT2D eigenvalue weighted by atomic mass is 10.0. The van der Waals surface area contributed by atoms with Gasteiger partial charge in [-0.25, -0.2) is 9.67 Å². The van der Waals surface area contributed by atoms with Crippen LogP contribution >= 0.6 is 0 Å². The second-order valence-electron chi connectivity index (χ2n) is 8.06. The van der Waals surface area contributed by atoms with Crippen molar-refractivity contribution in [2.24, 2.45) is 0 Å². The first kappa shape index (κ1) is 20.8. The Hall–Kier alpha value is -3.48. The number of carbonyl (C=O) groups is 2. The van der Waals surface area contributed by atoms with Crippen molar-refractivity contribution in [2.45, 2.75) is 26.7 Å². The Labute approximate surface area is 182 Å². The maximum atomic E-state index is 13.0. The predicted octanol–water partition coefficient (Wildman–Crippen LogP) is 3.30. The minimum Gasteiger partial charge on any atom is -0.335 e. The van der Waals surface area contributed by atoms with Gasteiger partial charge >= 0.3 is 0 Å². The van der Waals surface area contributed by atoms with Gasteiger partial charge in [-0.3, -0.25) is 9.59 Å². The van der Waals surface area contributed by atoms with Crippen LogP contribution in [0.5, 0.6) is 0 Å². The first-order chi connectivity index (χ1) is 15.0. The molecule has 3 aromatic rings. The molecule has 160 valence electrons. The third-order valence-electron chi connectivity index (χ3n) is 5.62. The summed E-state index contributed by atoms with van der Waals surface area (Å²) in [6, 6.07) is 17.3. The molecule has 1 aliphatic rings. The number of piperazine rings is 1. The molecule has 7 heteroatoms. The average Bonchev–Trinajstić information content (AvgIpc) is 3.20. The monoisotopic (exact) mass is 417 g/mol. The zero-order chi connectivity index (χ0) is 22.0. The standard InChI is InChI=1S/C24H27N5O2/c1-17(2)20-11-7-8-12-21(20)29-18(3)25-22(26-29)24(31)28-15-13-27(14-16-28)23(30)19-9-5-4-6-10-19/h4-12,17H,13-16H2,1-3H3. The maximum Gasteiger partial charge on any atom is 0.293 e. The molecule has 2 aromatic carbocycles. The van der Waals surface area contributed by atoms with Crippen molar-refractivity contribution in [3.05, 3.63) is 77.4 Å². The summed E-state index contributed by atoms with van der Waals surface area (Å²) in [7, 11) is 0. The zero-order valence-electron chi connectivity index (χ0n) is 18.2. The topological polar surface area (TPSA) is 71.3 Å².